The summed E-state index contributed by atoms with van der Waals surface area (Å²) in [5.74, 6) is -0.278. The van der Waals surface area contributed by atoms with Crippen molar-refractivity contribution >= 4 is 32.7 Å². The van der Waals surface area contributed by atoms with Gasteiger partial charge < -0.3 is 4.74 Å². The van der Waals surface area contributed by atoms with Crippen LogP contribution in [0.4, 0.5) is 0 Å². The van der Waals surface area contributed by atoms with Crippen LogP contribution in [0.1, 0.15) is 36.9 Å². The van der Waals surface area contributed by atoms with Crippen LogP contribution in [0.25, 0.3) is 10.8 Å². The molecular formula is C16H18BrNO2. The zero-order chi connectivity index (χ0) is 14.9. The maximum atomic E-state index is 12.2. The van der Waals surface area contributed by atoms with E-state index in [1.165, 1.54) is 0 Å². The molecule has 1 unspecified atom stereocenters. The maximum absolute atomic E-state index is 12.2. The van der Waals surface area contributed by atoms with Crippen LogP contribution >= 0.6 is 15.9 Å². The molecule has 20 heavy (non-hydrogen) atoms. The number of ether oxygens (including phenoxy) is 1. The molecule has 2 aromatic rings. The third-order valence-electron chi connectivity index (χ3n) is 2.93. The lowest BCUT2D eigenvalue weighted by molar-refractivity contribution is -0.154. The van der Waals surface area contributed by atoms with Gasteiger partial charge in [0.15, 0.2) is 0 Å². The molecule has 0 aliphatic carbocycles. The van der Waals surface area contributed by atoms with Crippen LogP contribution in [-0.2, 0) is 9.53 Å². The van der Waals surface area contributed by atoms with Gasteiger partial charge in [0.2, 0.25) is 0 Å². The molecule has 0 spiro atoms. The average Bonchev–Trinajstić information content (AvgIpc) is 2.36. The number of pyridine rings is 1. The van der Waals surface area contributed by atoms with Crippen molar-refractivity contribution in [3.63, 3.8) is 0 Å². The van der Waals surface area contributed by atoms with Gasteiger partial charge in [0.05, 0.1) is 0 Å². The highest BCUT2D eigenvalue weighted by atomic mass is 79.9. The van der Waals surface area contributed by atoms with Crippen molar-refractivity contribution in [3.8, 4) is 0 Å². The van der Waals surface area contributed by atoms with Crippen LogP contribution in [0.2, 0.25) is 0 Å². The number of hydrogen-bond donors (Lipinski definition) is 0. The van der Waals surface area contributed by atoms with Gasteiger partial charge in [0.25, 0.3) is 0 Å². The van der Waals surface area contributed by atoms with Gasteiger partial charge in [-0.25, -0.2) is 0 Å². The molecule has 1 aromatic heterocycles. The van der Waals surface area contributed by atoms with Crippen LogP contribution in [0.3, 0.4) is 0 Å². The highest BCUT2D eigenvalue weighted by molar-refractivity contribution is 9.09. The monoisotopic (exact) mass is 335 g/mol. The molecule has 4 heteroatoms. The second-order valence-electron chi connectivity index (χ2n) is 5.73. The SMILES string of the molecule is Cc1nccc2c(C(Br)C(=O)OC(C)(C)C)cccc12. The van der Waals surface area contributed by atoms with Gasteiger partial charge in [-0.05, 0) is 44.7 Å². The van der Waals surface area contributed by atoms with Crippen LogP contribution in [0.15, 0.2) is 30.5 Å². The first-order valence-corrected chi connectivity index (χ1v) is 7.42. The van der Waals surface area contributed by atoms with E-state index >= 15 is 0 Å². The Morgan fingerprint density at radius 2 is 1.95 bits per heavy atom. The Morgan fingerprint density at radius 3 is 2.60 bits per heavy atom. The fourth-order valence-corrected chi connectivity index (χ4v) is 2.57. The molecule has 106 valence electrons. The molecule has 0 bridgehead atoms. The molecule has 0 aliphatic rings. The summed E-state index contributed by atoms with van der Waals surface area (Å²) in [6.45, 7) is 7.55. The summed E-state index contributed by atoms with van der Waals surface area (Å²) in [5, 5.41) is 2.07. The number of aryl methyl sites for hydroxylation is 1. The predicted molar refractivity (Wildman–Crippen MR) is 84.0 cm³/mol. The lowest BCUT2D eigenvalue weighted by Crippen LogP contribution is -2.26. The Labute approximate surface area is 127 Å². The van der Waals surface area contributed by atoms with Gasteiger partial charge >= 0.3 is 5.97 Å². The highest BCUT2D eigenvalue weighted by Crippen LogP contribution is 2.32. The summed E-state index contributed by atoms with van der Waals surface area (Å²) in [5.41, 5.74) is 1.36. The molecule has 0 N–H and O–H groups in total. The summed E-state index contributed by atoms with van der Waals surface area (Å²) in [6, 6.07) is 7.81. The van der Waals surface area contributed by atoms with Crippen molar-refractivity contribution < 1.29 is 9.53 Å². The quantitative estimate of drug-likeness (QED) is 0.606. The number of carbonyl (C=O) groups is 1. The number of fused-ring (bicyclic) bond motifs is 1. The van der Waals surface area contributed by atoms with Crippen molar-refractivity contribution in [1.29, 1.82) is 0 Å². The minimum Gasteiger partial charge on any atom is -0.459 e. The van der Waals surface area contributed by atoms with Crippen molar-refractivity contribution in [3.05, 3.63) is 41.7 Å². The Hall–Kier alpha value is -1.42. The molecule has 0 fully saturated rings. The van der Waals surface area contributed by atoms with E-state index in [1.54, 1.807) is 6.20 Å². The Bertz CT molecular complexity index is 646. The standard InChI is InChI=1S/C16H18BrNO2/c1-10-11-6-5-7-13(12(11)8-9-18-10)14(17)15(19)20-16(2,3)4/h5-9,14H,1-4H3. The van der Waals surface area contributed by atoms with Crippen LogP contribution in [-0.4, -0.2) is 16.6 Å². The van der Waals surface area contributed by atoms with Crippen LogP contribution < -0.4 is 0 Å². The molecular weight excluding hydrogens is 318 g/mol. The molecule has 3 nitrogen and oxygen atoms in total. The number of benzene rings is 1. The number of aromatic nitrogens is 1. The number of alkyl halides is 1. The maximum Gasteiger partial charge on any atom is 0.324 e. The van der Waals surface area contributed by atoms with Crippen molar-refractivity contribution in [2.75, 3.05) is 0 Å². The summed E-state index contributed by atoms with van der Waals surface area (Å²) in [7, 11) is 0. The van der Waals surface area contributed by atoms with Crippen molar-refractivity contribution in [2.24, 2.45) is 0 Å². The third kappa shape index (κ3) is 3.18. The number of halogens is 1. The van der Waals surface area contributed by atoms with Crippen molar-refractivity contribution in [1.82, 2.24) is 4.98 Å². The second-order valence-corrected chi connectivity index (χ2v) is 6.65. The Balaban J connectivity index is 2.43. The van der Waals surface area contributed by atoms with Crippen LogP contribution in [0, 0.1) is 6.92 Å². The van der Waals surface area contributed by atoms with E-state index < -0.39 is 10.4 Å². The molecule has 2 rings (SSSR count). The summed E-state index contributed by atoms with van der Waals surface area (Å²) in [6.07, 6.45) is 1.76. The summed E-state index contributed by atoms with van der Waals surface area (Å²) < 4.78 is 5.43. The zero-order valence-corrected chi connectivity index (χ0v) is 13.7. The van der Waals surface area contributed by atoms with Crippen molar-refractivity contribution in [2.45, 2.75) is 38.1 Å². The third-order valence-corrected chi connectivity index (χ3v) is 3.79. The first kappa shape index (κ1) is 15.0. The van der Waals surface area contributed by atoms with E-state index in [4.69, 9.17) is 4.74 Å². The second kappa shape index (κ2) is 5.52. The lowest BCUT2D eigenvalue weighted by Gasteiger charge is -2.22. The largest absolute Gasteiger partial charge is 0.459 e. The minimum atomic E-state index is -0.495. The average molecular weight is 336 g/mol. The molecule has 0 amide bonds. The van der Waals surface area contributed by atoms with E-state index in [2.05, 4.69) is 20.9 Å². The van der Waals surface area contributed by atoms with E-state index in [0.29, 0.717) is 0 Å². The van der Waals surface area contributed by atoms with Gasteiger partial charge in [-0.3, -0.25) is 9.78 Å². The Morgan fingerprint density at radius 1 is 1.25 bits per heavy atom. The van der Waals surface area contributed by atoms with Gasteiger partial charge in [0.1, 0.15) is 10.4 Å². The van der Waals surface area contributed by atoms with Crippen LogP contribution in [0.5, 0.6) is 0 Å². The highest BCUT2D eigenvalue weighted by Gasteiger charge is 2.25. The molecule has 1 aromatic carbocycles. The van der Waals surface area contributed by atoms with Gasteiger partial charge in [0, 0.05) is 17.3 Å². The number of carbonyl (C=O) groups excluding carboxylic acids is 1. The zero-order valence-electron chi connectivity index (χ0n) is 12.1. The topological polar surface area (TPSA) is 39.2 Å². The fraction of sp³-hybridized carbons (Fsp3) is 0.375. The smallest absolute Gasteiger partial charge is 0.324 e. The summed E-state index contributed by atoms with van der Waals surface area (Å²) in [4.78, 5) is 16.0. The number of esters is 1. The normalized spacial score (nSPS) is 13.2. The van der Waals surface area contributed by atoms with E-state index in [9.17, 15) is 4.79 Å². The molecule has 0 saturated heterocycles. The van der Waals surface area contributed by atoms with E-state index in [-0.39, 0.29) is 5.97 Å². The van der Waals surface area contributed by atoms with Gasteiger partial charge in [-0.2, -0.15) is 0 Å². The molecule has 1 heterocycles. The van der Waals surface area contributed by atoms with Gasteiger partial charge in [-0.15, -0.1) is 0 Å². The number of hydrogen-bond acceptors (Lipinski definition) is 3. The first-order valence-electron chi connectivity index (χ1n) is 6.51. The predicted octanol–water partition coefficient (Wildman–Crippen LogP) is 4.32. The minimum absolute atomic E-state index is 0.278. The number of rotatable bonds is 2. The fourth-order valence-electron chi connectivity index (χ4n) is 2.08. The molecule has 0 saturated carbocycles. The molecule has 0 aliphatic heterocycles. The van der Waals surface area contributed by atoms with E-state index in [0.717, 1.165) is 22.0 Å². The van der Waals surface area contributed by atoms with E-state index in [1.807, 2.05) is 52.0 Å². The Kier molecular flexibility index (Phi) is 4.14. The first-order chi connectivity index (χ1) is 9.29. The molecule has 0 radical (unpaired) electrons. The number of nitrogens with zero attached hydrogens (tertiary/aromatic N) is 1. The summed E-state index contributed by atoms with van der Waals surface area (Å²) >= 11 is 3.45. The van der Waals surface area contributed by atoms with Gasteiger partial charge in [-0.1, -0.05) is 34.1 Å². The lowest BCUT2D eigenvalue weighted by atomic mass is 10.0. The molecule has 1 atom stereocenters.